The molecule has 9 heteroatoms. The van der Waals surface area contributed by atoms with Crippen molar-refractivity contribution >= 4 is 29.9 Å². The summed E-state index contributed by atoms with van der Waals surface area (Å²) in [4.78, 5) is 4.63. The molecule has 0 aliphatic heterocycles. The fraction of sp³-hybridized carbons (Fsp3) is 0.800. The van der Waals surface area contributed by atoms with Gasteiger partial charge >= 0.3 is 0 Å². The van der Waals surface area contributed by atoms with Crippen molar-refractivity contribution in [2.24, 2.45) is 18.0 Å². The number of aryl methyl sites for hydroxylation is 1. The lowest BCUT2D eigenvalue weighted by atomic mass is 10.2. The van der Waals surface area contributed by atoms with Gasteiger partial charge in [-0.2, -0.15) is 0 Å². The van der Waals surface area contributed by atoms with E-state index in [1.54, 1.807) is 14.2 Å². The number of ether oxygens (including phenoxy) is 2. The minimum absolute atomic E-state index is 0. The molecule has 1 atom stereocenters. The molecule has 0 bridgehead atoms. The molecule has 1 saturated carbocycles. The van der Waals surface area contributed by atoms with Crippen molar-refractivity contribution in [1.82, 2.24) is 25.4 Å². The fourth-order valence-corrected chi connectivity index (χ4v) is 2.31. The van der Waals surface area contributed by atoms with Crippen molar-refractivity contribution < 1.29 is 9.47 Å². The topological polar surface area (TPSA) is 85.6 Å². The number of nitrogens with one attached hydrogen (secondary N) is 2. The Morgan fingerprint density at radius 2 is 2.08 bits per heavy atom. The maximum Gasteiger partial charge on any atom is 0.192 e. The predicted molar refractivity (Wildman–Crippen MR) is 104 cm³/mol. The minimum Gasteiger partial charge on any atom is -0.383 e. The zero-order valence-electron chi connectivity index (χ0n) is 14.9. The Bertz CT molecular complexity index is 518. The van der Waals surface area contributed by atoms with Crippen molar-refractivity contribution in [3.8, 4) is 0 Å². The van der Waals surface area contributed by atoms with Gasteiger partial charge in [-0.25, -0.2) is 4.99 Å². The maximum absolute atomic E-state index is 5.32. The molecule has 0 radical (unpaired) electrons. The molecule has 24 heavy (non-hydrogen) atoms. The first-order valence-electron chi connectivity index (χ1n) is 8.03. The summed E-state index contributed by atoms with van der Waals surface area (Å²) in [6.07, 6.45) is 2.49. The lowest BCUT2D eigenvalue weighted by Crippen LogP contribution is -2.47. The Balaban J connectivity index is 0.00000288. The highest BCUT2D eigenvalue weighted by atomic mass is 127. The number of rotatable bonds is 9. The monoisotopic (exact) mass is 452 g/mol. The van der Waals surface area contributed by atoms with E-state index >= 15 is 0 Å². The minimum atomic E-state index is 0. The van der Waals surface area contributed by atoms with Crippen LogP contribution in [-0.4, -0.2) is 60.7 Å². The fourth-order valence-electron chi connectivity index (χ4n) is 2.31. The summed E-state index contributed by atoms with van der Waals surface area (Å²) in [7, 11) is 5.37. The van der Waals surface area contributed by atoms with Gasteiger partial charge in [-0.05, 0) is 25.7 Å². The zero-order chi connectivity index (χ0) is 16.7. The second kappa shape index (κ2) is 10.8. The third-order valence-corrected chi connectivity index (χ3v) is 4.02. The van der Waals surface area contributed by atoms with Crippen molar-refractivity contribution in [3.05, 3.63) is 11.6 Å². The van der Waals surface area contributed by atoms with Gasteiger partial charge in [0.25, 0.3) is 0 Å². The van der Waals surface area contributed by atoms with Gasteiger partial charge in [-0.15, -0.1) is 34.2 Å². The molecule has 8 nitrogen and oxygen atoms in total. The molecule has 1 aromatic heterocycles. The second-order valence-electron chi connectivity index (χ2n) is 5.85. The molecule has 1 aliphatic carbocycles. The van der Waals surface area contributed by atoms with Gasteiger partial charge in [-0.1, -0.05) is 0 Å². The smallest absolute Gasteiger partial charge is 0.192 e. The first kappa shape index (κ1) is 21.1. The van der Waals surface area contributed by atoms with Crippen LogP contribution >= 0.6 is 24.0 Å². The van der Waals surface area contributed by atoms with Gasteiger partial charge in [0, 0.05) is 27.8 Å². The largest absolute Gasteiger partial charge is 0.383 e. The Labute approximate surface area is 160 Å². The highest BCUT2D eigenvalue weighted by molar-refractivity contribution is 14.0. The van der Waals surface area contributed by atoms with Crippen LogP contribution in [0.15, 0.2) is 4.99 Å². The number of guanidine groups is 1. The van der Waals surface area contributed by atoms with Gasteiger partial charge in [0.2, 0.25) is 0 Å². The molecule has 1 unspecified atom stereocenters. The van der Waals surface area contributed by atoms with E-state index in [1.807, 2.05) is 18.5 Å². The van der Waals surface area contributed by atoms with Crippen LogP contribution in [0.25, 0.3) is 0 Å². The average molecular weight is 452 g/mol. The van der Waals surface area contributed by atoms with Crippen molar-refractivity contribution in [2.75, 3.05) is 34.0 Å². The lowest BCUT2D eigenvalue weighted by Gasteiger charge is -2.21. The summed E-state index contributed by atoms with van der Waals surface area (Å²) in [6, 6.07) is 0.287. The predicted octanol–water partition coefficient (Wildman–Crippen LogP) is 0.848. The van der Waals surface area contributed by atoms with Crippen LogP contribution in [0.3, 0.4) is 0 Å². The Morgan fingerprint density at radius 1 is 1.33 bits per heavy atom. The number of aromatic nitrogens is 3. The summed E-state index contributed by atoms with van der Waals surface area (Å²) in [6.45, 7) is 4.41. The third kappa shape index (κ3) is 6.52. The molecule has 1 aliphatic rings. The number of nitrogens with zero attached hydrogens (tertiary/aromatic N) is 4. The summed E-state index contributed by atoms with van der Waals surface area (Å²) in [5.41, 5.74) is 0. The van der Waals surface area contributed by atoms with E-state index in [0.717, 1.165) is 17.6 Å². The van der Waals surface area contributed by atoms with E-state index in [0.29, 0.717) is 32.2 Å². The number of halogens is 1. The Morgan fingerprint density at radius 3 is 2.62 bits per heavy atom. The van der Waals surface area contributed by atoms with Crippen molar-refractivity contribution in [1.29, 1.82) is 0 Å². The van der Waals surface area contributed by atoms with Crippen LogP contribution in [0.2, 0.25) is 0 Å². The summed E-state index contributed by atoms with van der Waals surface area (Å²) < 4.78 is 12.4. The molecule has 138 valence electrons. The van der Waals surface area contributed by atoms with E-state index in [4.69, 9.17) is 9.47 Å². The van der Waals surface area contributed by atoms with Crippen LogP contribution in [0.5, 0.6) is 0 Å². The van der Waals surface area contributed by atoms with E-state index in [1.165, 1.54) is 12.8 Å². The van der Waals surface area contributed by atoms with Crippen LogP contribution in [0, 0.1) is 12.8 Å². The van der Waals surface area contributed by atoms with Crippen LogP contribution < -0.4 is 10.6 Å². The van der Waals surface area contributed by atoms with E-state index in [9.17, 15) is 0 Å². The average Bonchev–Trinajstić information content (AvgIpc) is 3.33. The molecule has 1 fully saturated rings. The molecule has 2 rings (SSSR count). The maximum atomic E-state index is 5.32. The Hall–Kier alpha value is -0.940. The van der Waals surface area contributed by atoms with Crippen LogP contribution in [0.4, 0.5) is 0 Å². The second-order valence-corrected chi connectivity index (χ2v) is 5.85. The summed E-state index contributed by atoms with van der Waals surface area (Å²) in [5.74, 6) is 3.15. The van der Waals surface area contributed by atoms with E-state index < -0.39 is 0 Å². The summed E-state index contributed by atoms with van der Waals surface area (Å²) in [5, 5.41) is 15.0. The van der Waals surface area contributed by atoms with Crippen molar-refractivity contribution in [2.45, 2.75) is 32.4 Å². The van der Waals surface area contributed by atoms with Crippen LogP contribution in [0.1, 0.15) is 24.5 Å². The third-order valence-electron chi connectivity index (χ3n) is 4.02. The molecule has 0 amide bonds. The molecule has 1 aromatic rings. The molecular weight excluding hydrogens is 423 g/mol. The zero-order valence-corrected chi connectivity index (χ0v) is 17.2. The number of aliphatic imine (C=N–C) groups is 1. The van der Waals surface area contributed by atoms with Gasteiger partial charge in [0.05, 0.1) is 19.3 Å². The van der Waals surface area contributed by atoms with Gasteiger partial charge in [0.15, 0.2) is 11.8 Å². The van der Waals surface area contributed by atoms with Gasteiger partial charge in [-0.3, -0.25) is 0 Å². The SMILES string of the molecule is COCCNC(=NCc1nnc(C)n1C)NC(COC)C1CC1.I. The molecule has 1 heterocycles. The molecule has 0 spiro atoms. The molecule has 0 aromatic carbocycles. The first-order chi connectivity index (χ1) is 11.2. The molecular formula is C15H29IN6O2. The van der Waals surface area contributed by atoms with Crippen LogP contribution in [-0.2, 0) is 23.1 Å². The Kier molecular flexibility index (Phi) is 9.52. The summed E-state index contributed by atoms with van der Waals surface area (Å²) >= 11 is 0. The normalized spacial score (nSPS) is 15.8. The molecule has 2 N–H and O–H groups in total. The number of methoxy groups -OCH3 is 2. The number of hydrogen-bond acceptors (Lipinski definition) is 5. The quantitative estimate of drug-likeness (QED) is 0.250. The van der Waals surface area contributed by atoms with Gasteiger partial charge in [0.1, 0.15) is 12.4 Å². The van der Waals surface area contributed by atoms with Gasteiger partial charge < -0.3 is 24.7 Å². The highest BCUT2D eigenvalue weighted by Crippen LogP contribution is 2.32. The van der Waals surface area contributed by atoms with Crippen molar-refractivity contribution in [3.63, 3.8) is 0 Å². The van der Waals surface area contributed by atoms with E-state index in [2.05, 4.69) is 25.8 Å². The number of hydrogen-bond donors (Lipinski definition) is 2. The molecule has 0 saturated heterocycles. The van der Waals surface area contributed by atoms with E-state index in [-0.39, 0.29) is 30.0 Å². The lowest BCUT2D eigenvalue weighted by molar-refractivity contribution is 0.165. The first-order valence-corrected chi connectivity index (χ1v) is 8.03. The highest BCUT2D eigenvalue weighted by Gasteiger charge is 2.31. The standard InChI is InChI=1S/C15H28N6O2.HI/c1-11-19-20-14(21(11)2)9-17-15(16-7-8-22-3)18-13(10-23-4)12-5-6-12;/h12-13H,5-10H2,1-4H3,(H2,16,17,18);1H.